The van der Waals surface area contributed by atoms with Crippen LogP contribution in [0, 0.1) is 5.41 Å². The van der Waals surface area contributed by atoms with Crippen LogP contribution < -0.4 is 0 Å². The van der Waals surface area contributed by atoms with Crippen LogP contribution in [0.25, 0.3) is 0 Å². The van der Waals surface area contributed by atoms with Crippen molar-refractivity contribution in [1.29, 1.82) is 0 Å². The maximum Gasteiger partial charge on any atom is 0.389 e. The van der Waals surface area contributed by atoms with Crippen molar-refractivity contribution in [1.82, 2.24) is 0 Å². The Bertz CT molecular complexity index is 158. The number of aliphatic hydroxyl groups excluding tert-OH is 1. The Balaban J connectivity index is 3.60. The van der Waals surface area contributed by atoms with E-state index in [9.17, 15) is 18.3 Å². The fourth-order valence-electron chi connectivity index (χ4n) is 1.35. The van der Waals surface area contributed by atoms with Crippen LogP contribution in [0.2, 0.25) is 0 Å². The van der Waals surface area contributed by atoms with Crippen molar-refractivity contribution in [2.24, 2.45) is 5.41 Å². The summed E-state index contributed by atoms with van der Waals surface area (Å²) in [6.07, 6.45) is -4.71. The van der Waals surface area contributed by atoms with Crippen molar-refractivity contribution in [3.05, 3.63) is 0 Å². The molecule has 4 heteroatoms. The van der Waals surface area contributed by atoms with E-state index >= 15 is 0 Å². The van der Waals surface area contributed by atoms with Crippen molar-refractivity contribution in [3.8, 4) is 0 Å². The molecule has 1 nitrogen and oxygen atoms in total. The van der Waals surface area contributed by atoms with Gasteiger partial charge in [-0.25, -0.2) is 0 Å². The first-order valence-electron chi connectivity index (χ1n) is 4.85. The Morgan fingerprint density at radius 1 is 1.14 bits per heavy atom. The van der Waals surface area contributed by atoms with E-state index in [0.717, 1.165) is 0 Å². The van der Waals surface area contributed by atoms with Crippen LogP contribution in [0.5, 0.6) is 0 Å². The van der Waals surface area contributed by atoms with Gasteiger partial charge < -0.3 is 5.11 Å². The molecule has 0 aromatic carbocycles. The van der Waals surface area contributed by atoms with Gasteiger partial charge in [0.05, 0.1) is 6.10 Å². The molecule has 1 atom stereocenters. The number of alkyl halides is 3. The van der Waals surface area contributed by atoms with Gasteiger partial charge in [0.2, 0.25) is 0 Å². The fraction of sp³-hybridized carbons (Fsp3) is 1.00. The van der Waals surface area contributed by atoms with Crippen molar-refractivity contribution >= 4 is 0 Å². The molecule has 14 heavy (non-hydrogen) atoms. The quantitative estimate of drug-likeness (QED) is 0.756. The average molecular weight is 212 g/mol. The van der Waals surface area contributed by atoms with Gasteiger partial charge in [-0.05, 0) is 24.7 Å². The Morgan fingerprint density at radius 2 is 1.64 bits per heavy atom. The lowest BCUT2D eigenvalue weighted by molar-refractivity contribution is -0.136. The molecule has 0 aromatic heterocycles. The Labute approximate surface area is 83.3 Å². The molecule has 0 heterocycles. The first-order chi connectivity index (χ1) is 6.10. The maximum absolute atomic E-state index is 11.8. The molecule has 0 bridgehead atoms. The van der Waals surface area contributed by atoms with Crippen molar-refractivity contribution in [3.63, 3.8) is 0 Å². The third-order valence-corrected chi connectivity index (χ3v) is 1.85. The van der Waals surface area contributed by atoms with Crippen LogP contribution in [0.1, 0.15) is 46.5 Å². The molecular formula is C10H19F3O. The van der Waals surface area contributed by atoms with Crippen LogP contribution in [-0.4, -0.2) is 17.4 Å². The minimum absolute atomic E-state index is 0.0146. The smallest absolute Gasteiger partial charge is 0.389 e. The molecule has 0 aromatic rings. The maximum atomic E-state index is 11.8. The van der Waals surface area contributed by atoms with Gasteiger partial charge in [-0.3, -0.25) is 0 Å². The minimum Gasteiger partial charge on any atom is -0.393 e. The van der Waals surface area contributed by atoms with Gasteiger partial charge in [0.15, 0.2) is 0 Å². The molecule has 0 saturated heterocycles. The molecule has 0 aliphatic carbocycles. The van der Waals surface area contributed by atoms with Gasteiger partial charge in [0, 0.05) is 6.42 Å². The molecule has 0 aliphatic rings. The van der Waals surface area contributed by atoms with E-state index < -0.39 is 18.7 Å². The molecule has 0 saturated carbocycles. The van der Waals surface area contributed by atoms with Gasteiger partial charge in [-0.1, -0.05) is 20.8 Å². The first kappa shape index (κ1) is 13.8. The molecule has 0 amide bonds. The summed E-state index contributed by atoms with van der Waals surface area (Å²) in [6.45, 7) is 5.87. The normalized spacial score (nSPS) is 15.6. The molecule has 0 rings (SSSR count). The van der Waals surface area contributed by atoms with Crippen LogP contribution in [0.15, 0.2) is 0 Å². The van der Waals surface area contributed by atoms with Gasteiger partial charge in [-0.15, -0.1) is 0 Å². The van der Waals surface area contributed by atoms with E-state index in [1.165, 1.54) is 0 Å². The summed E-state index contributed by atoms with van der Waals surface area (Å²) < 4.78 is 35.3. The highest BCUT2D eigenvalue weighted by molar-refractivity contribution is 4.68. The second kappa shape index (κ2) is 5.01. The van der Waals surface area contributed by atoms with Gasteiger partial charge in [-0.2, -0.15) is 13.2 Å². The largest absolute Gasteiger partial charge is 0.393 e. The lowest BCUT2D eigenvalue weighted by atomic mass is 9.88. The van der Waals surface area contributed by atoms with Gasteiger partial charge in [0.25, 0.3) is 0 Å². The van der Waals surface area contributed by atoms with Crippen molar-refractivity contribution < 1.29 is 18.3 Å². The van der Waals surface area contributed by atoms with Gasteiger partial charge in [0.1, 0.15) is 0 Å². The second-order valence-electron chi connectivity index (χ2n) is 4.93. The predicted octanol–water partition coefficient (Wildman–Crippen LogP) is 3.52. The zero-order valence-electron chi connectivity index (χ0n) is 8.99. The van der Waals surface area contributed by atoms with Crippen LogP contribution in [-0.2, 0) is 0 Å². The first-order valence-corrected chi connectivity index (χ1v) is 4.85. The summed E-state index contributed by atoms with van der Waals surface area (Å²) in [4.78, 5) is 0. The zero-order valence-corrected chi connectivity index (χ0v) is 8.99. The molecule has 0 aliphatic heterocycles. The standard InChI is InChI=1S/C10H19F3O/c1-9(2,3)7-8(14)5-4-6-10(11,12)13/h8,14H,4-7H2,1-3H3. The topological polar surface area (TPSA) is 20.2 Å². The minimum atomic E-state index is -4.10. The summed E-state index contributed by atoms with van der Waals surface area (Å²) in [5.41, 5.74) is -0.0301. The predicted molar refractivity (Wildman–Crippen MR) is 50.0 cm³/mol. The van der Waals surface area contributed by atoms with E-state index in [0.29, 0.717) is 6.42 Å². The molecule has 86 valence electrons. The van der Waals surface area contributed by atoms with E-state index in [2.05, 4.69) is 0 Å². The number of halogens is 3. The van der Waals surface area contributed by atoms with Crippen molar-refractivity contribution in [2.45, 2.75) is 58.7 Å². The molecule has 0 spiro atoms. The Morgan fingerprint density at radius 3 is 2.00 bits per heavy atom. The number of hydrogen-bond acceptors (Lipinski definition) is 1. The lowest BCUT2D eigenvalue weighted by Gasteiger charge is -2.22. The van der Waals surface area contributed by atoms with Crippen LogP contribution in [0.4, 0.5) is 13.2 Å². The molecule has 1 unspecified atom stereocenters. The summed E-state index contributed by atoms with van der Waals surface area (Å²) >= 11 is 0. The molecular weight excluding hydrogens is 193 g/mol. The Kier molecular flexibility index (Phi) is 4.92. The zero-order chi connectivity index (χ0) is 11.4. The van der Waals surface area contributed by atoms with Crippen LogP contribution >= 0.6 is 0 Å². The SMILES string of the molecule is CC(C)(C)CC(O)CCCC(F)(F)F. The second-order valence-corrected chi connectivity index (χ2v) is 4.93. The summed E-state index contributed by atoms with van der Waals surface area (Å²) in [5, 5.41) is 9.41. The average Bonchev–Trinajstić information content (AvgIpc) is 1.78. The van der Waals surface area contributed by atoms with E-state index in [4.69, 9.17) is 0 Å². The number of rotatable bonds is 4. The lowest BCUT2D eigenvalue weighted by Crippen LogP contribution is -2.18. The Hall–Kier alpha value is -0.250. The number of hydrogen-bond donors (Lipinski definition) is 1. The summed E-state index contributed by atoms with van der Waals surface area (Å²) in [7, 11) is 0. The molecule has 0 fully saturated rings. The summed E-state index contributed by atoms with van der Waals surface area (Å²) in [5.74, 6) is 0. The number of aliphatic hydroxyl groups is 1. The van der Waals surface area contributed by atoms with E-state index in [1.54, 1.807) is 0 Å². The third-order valence-electron chi connectivity index (χ3n) is 1.85. The highest BCUT2D eigenvalue weighted by Gasteiger charge is 2.27. The van der Waals surface area contributed by atoms with Crippen LogP contribution in [0.3, 0.4) is 0 Å². The third kappa shape index (κ3) is 9.84. The highest BCUT2D eigenvalue weighted by Crippen LogP contribution is 2.26. The molecule has 1 N–H and O–H groups in total. The highest BCUT2D eigenvalue weighted by atomic mass is 19.4. The fourth-order valence-corrected chi connectivity index (χ4v) is 1.35. The van der Waals surface area contributed by atoms with E-state index in [1.807, 2.05) is 20.8 Å². The molecule has 0 radical (unpaired) electrons. The monoisotopic (exact) mass is 212 g/mol. The van der Waals surface area contributed by atoms with Crippen molar-refractivity contribution in [2.75, 3.05) is 0 Å². The van der Waals surface area contributed by atoms with Gasteiger partial charge >= 0.3 is 6.18 Å². The van der Waals surface area contributed by atoms with E-state index in [-0.39, 0.29) is 18.3 Å². The summed E-state index contributed by atoms with van der Waals surface area (Å²) in [6, 6.07) is 0.